The lowest BCUT2D eigenvalue weighted by molar-refractivity contribution is -0.129. The highest BCUT2D eigenvalue weighted by atomic mass is 32.2. The summed E-state index contributed by atoms with van der Waals surface area (Å²) in [6.45, 7) is 8.37. The number of carbonyl (C=O) groups is 3. The van der Waals surface area contributed by atoms with Gasteiger partial charge in [0, 0.05) is 42.2 Å². The maximum absolute atomic E-state index is 13.7. The van der Waals surface area contributed by atoms with Gasteiger partial charge in [-0.05, 0) is 75.9 Å². The standard InChI is InChI=1S/C28H33N5O5S2/c1-17-15-19(3)33(30-17)28(36)25-23-12-14-31(20(4)34)16-24(23)39-27(25)29-26(35)21-8-10-22(11-9-21)40(37,38)32-13-6-5-7-18(32)2/h8-11,15,18H,5-7,12-14,16H2,1-4H3,(H,29,35). The van der Waals surface area contributed by atoms with Gasteiger partial charge in [-0.25, -0.2) is 13.1 Å². The summed E-state index contributed by atoms with van der Waals surface area (Å²) in [6, 6.07) is 7.64. The number of benzene rings is 1. The van der Waals surface area contributed by atoms with E-state index in [1.807, 2.05) is 19.9 Å². The molecule has 0 spiro atoms. The molecule has 2 aromatic heterocycles. The average Bonchev–Trinajstić information content (AvgIpc) is 3.45. The van der Waals surface area contributed by atoms with E-state index in [0.717, 1.165) is 29.7 Å². The number of aromatic nitrogens is 2. The van der Waals surface area contributed by atoms with E-state index in [1.165, 1.54) is 51.5 Å². The van der Waals surface area contributed by atoms with Crippen LogP contribution >= 0.6 is 11.3 Å². The minimum atomic E-state index is -3.66. The number of rotatable bonds is 5. The number of piperidine rings is 1. The van der Waals surface area contributed by atoms with Gasteiger partial charge in [0.15, 0.2) is 0 Å². The fraction of sp³-hybridized carbons (Fsp3) is 0.429. The third-order valence-corrected chi connectivity index (χ3v) is 10.8. The Labute approximate surface area is 238 Å². The number of sulfonamides is 1. The average molecular weight is 584 g/mol. The zero-order valence-electron chi connectivity index (χ0n) is 23.1. The predicted octanol–water partition coefficient (Wildman–Crippen LogP) is 3.97. The molecular weight excluding hydrogens is 550 g/mol. The van der Waals surface area contributed by atoms with Gasteiger partial charge in [-0.3, -0.25) is 14.4 Å². The first-order chi connectivity index (χ1) is 19.0. The number of hydrogen-bond donors (Lipinski definition) is 1. The van der Waals surface area contributed by atoms with E-state index in [9.17, 15) is 22.8 Å². The van der Waals surface area contributed by atoms with Crippen molar-refractivity contribution >= 4 is 44.1 Å². The molecule has 2 aliphatic rings. The third-order valence-electron chi connectivity index (χ3n) is 7.61. The van der Waals surface area contributed by atoms with Crippen molar-refractivity contribution in [3.05, 3.63) is 63.3 Å². The molecule has 0 saturated carbocycles. The lowest BCUT2D eigenvalue weighted by Crippen LogP contribution is -2.41. The van der Waals surface area contributed by atoms with Crippen molar-refractivity contribution in [1.82, 2.24) is 19.0 Å². The first kappa shape index (κ1) is 28.2. The Hall–Kier alpha value is -3.35. The normalized spacial score (nSPS) is 17.9. The maximum Gasteiger partial charge on any atom is 0.281 e. The van der Waals surface area contributed by atoms with Crippen LogP contribution in [-0.2, 0) is 27.8 Å². The number of carbonyl (C=O) groups excluding carboxylic acids is 3. The van der Waals surface area contributed by atoms with Crippen molar-refractivity contribution in [1.29, 1.82) is 0 Å². The zero-order chi connectivity index (χ0) is 28.8. The van der Waals surface area contributed by atoms with Gasteiger partial charge in [-0.2, -0.15) is 9.40 Å². The van der Waals surface area contributed by atoms with Crippen LogP contribution in [0, 0.1) is 13.8 Å². The van der Waals surface area contributed by atoms with Gasteiger partial charge in [0.05, 0.1) is 22.7 Å². The summed E-state index contributed by atoms with van der Waals surface area (Å²) in [5.74, 6) is -0.850. The van der Waals surface area contributed by atoms with Crippen LogP contribution in [0.2, 0.25) is 0 Å². The first-order valence-corrected chi connectivity index (χ1v) is 15.6. The Morgan fingerprint density at radius 2 is 1.80 bits per heavy atom. The highest BCUT2D eigenvalue weighted by Crippen LogP contribution is 2.38. The smallest absolute Gasteiger partial charge is 0.281 e. The number of hydrogen-bond acceptors (Lipinski definition) is 7. The summed E-state index contributed by atoms with van der Waals surface area (Å²) in [6.07, 6.45) is 3.16. The van der Waals surface area contributed by atoms with Gasteiger partial charge >= 0.3 is 0 Å². The monoisotopic (exact) mass is 583 g/mol. The number of aryl methyl sites for hydroxylation is 2. The molecule has 2 amide bonds. The molecule has 4 heterocycles. The van der Waals surface area contributed by atoms with E-state index in [2.05, 4.69) is 10.4 Å². The number of nitrogens with one attached hydrogen (secondary N) is 1. The minimum Gasteiger partial charge on any atom is -0.337 e. The van der Waals surface area contributed by atoms with Crippen LogP contribution in [0.1, 0.15) is 75.7 Å². The molecule has 10 nitrogen and oxygen atoms in total. The molecule has 1 aromatic carbocycles. The lowest BCUT2D eigenvalue weighted by atomic mass is 10.0. The number of amides is 2. The Morgan fingerprint density at radius 1 is 1.07 bits per heavy atom. The van der Waals surface area contributed by atoms with Gasteiger partial charge in [-0.1, -0.05) is 6.42 Å². The van der Waals surface area contributed by atoms with Crippen LogP contribution in [0.4, 0.5) is 5.00 Å². The fourth-order valence-electron chi connectivity index (χ4n) is 5.44. The lowest BCUT2D eigenvalue weighted by Gasteiger charge is -2.32. The molecule has 1 N–H and O–H groups in total. The molecule has 1 atom stereocenters. The third kappa shape index (κ3) is 5.23. The SMILES string of the molecule is CC(=O)N1CCc2c(sc(NC(=O)c3ccc(S(=O)(=O)N4CCCCC4C)cc3)c2C(=O)n2nc(C)cc2C)C1. The summed E-state index contributed by atoms with van der Waals surface area (Å²) >= 11 is 1.28. The van der Waals surface area contributed by atoms with Crippen molar-refractivity contribution < 1.29 is 22.8 Å². The van der Waals surface area contributed by atoms with E-state index in [1.54, 1.807) is 11.8 Å². The van der Waals surface area contributed by atoms with Gasteiger partial charge in [0.25, 0.3) is 11.8 Å². The predicted molar refractivity (Wildman–Crippen MR) is 152 cm³/mol. The molecule has 0 bridgehead atoms. The Balaban J connectivity index is 1.44. The largest absolute Gasteiger partial charge is 0.337 e. The second kappa shape index (κ2) is 10.9. The van der Waals surface area contributed by atoms with Crippen molar-refractivity contribution in [2.45, 2.75) is 70.9 Å². The quantitative estimate of drug-likeness (QED) is 0.485. The number of anilines is 1. The second-order valence-corrected chi connectivity index (χ2v) is 13.5. The zero-order valence-corrected chi connectivity index (χ0v) is 24.7. The fourth-order valence-corrected chi connectivity index (χ4v) is 8.39. The van der Waals surface area contributed by atoms with Crippen LogP contribution < -0.4 is 5.32 Å². The summed E-state index contributed by atoms with van der Waals surface area (Å²) in [5.41, 5.74) is 2.85. The van der Waals surface area contributed by atoms with Crippen molar-refractivity contribution in [2.24, 2.45) is 0 Å². The van der Waals surface area contributed by atoms with E-state index >= 15 is 0 Å². The molecular formula is C28H33N5O5S2. The summed E-state index contributed by atoms with van der Waals surface area (Å²) in [7, 11) is -3.66. The number of thiophene rings is 1. The van der Waals surface area contributed by atoms with E-state index in [0.29, 0.717) is 48.0 Å². The molecule has 2 aliphatic heterocycles. The van der Waals surface area contributed by atoms with Crippen LogP contribution in [0.5, 0.6) is 0 Å². The molecule has 0 radical (unpaired) electrons. The van der Waals surface area contributed by atoms with Gasteiger partial charge in [-0.15, -0.1) is 11.3 Å². The summed E-state index contributed by atoms with van der Waals surface area (Å²) < 4.78 is 29.3. The Bertz CT molecular complexity index is 1590. The van der Waals surface area contributed by atoms with Crippen LogP contribution in [0.3, 0.4) is 0 Å². The molecule has 1 fully saturated rings. The van der Waals surface area contributed by atoms with E-state index in [4.69, 9.17) is 0 Å². The highest BCUT2D eigenvalue weighted by Gasteiger charge is 2.33. The number of nitrogens with zero attached hydrogens (tertiary/aromatic N) is 4. The van der Waals surface area contributed by atoms with Gasteiger partial charge in [0.1, 0.15) is 5.00 Å². The molecule has 212 valence electrons. The highest BCUT2D eigenvalue weighted by molar-refractivity contribution is 7.89. The molecule has 0 aliphatic carbocycles. The van der Waals surface area contributed by atoms with E-state index in [-0.39, 0.29) is 28.3 Å². The Morgan fingerprint density at radius 3 is 2.42 bits per heavy atom. The van der Waals surface area contributed by atoms with Crippen LogP contribution in [-0.4, -0.2) is 64.3 Å². The molecule has 3 aromatic rings. The maximum atomic E-state index is 13.7. The summed E-state index contributed by atoms with van der Waals surface area (Å²) in [5, 5.41) is 7.62. The van der Waals surface area contributed by atoms with Crippen molar-refractivity contribution in [2.75, 3.05) is 18.4 Å². The van der Waals surface area contributed by atoms with Crippen molar-refractivity contribution in [3.8, 4) is 0 Å². The van der Waals surface area contributed by atoms with Crippen molar-refractivity contribution in [3.63, 3.8) is 0 Å². The molecule has 40 heavy (non-hydrogen) atoms. The first-order valence-electron chi connectivity index (χ1n) is 13.4. The van der Waals surface area contributed by atoms with Crippen LogP contribution in [0.15, 0.2) is 35.2 Å². The Kier molecular flexibility index (Phi) is 7.68. The number of fused-ring (bicyclic) bond motifs is 1. The van der Waals surface area contributed by atoms with Gasteiger partial charge in [0.2, 0.25) is 15.9 Å². The van der Waals surface area contributed by atoms with Gasteiger partial charge < -0.3 is 10.2 Å². The molecule has 1 saturated heterocycles. The minimum absolute atomic E-state index is 0.0509. The topological polar surface area (TPSA) is 122 Å². The molecule has 1 unspecified atom stereocenters. The summed E-state index contributed by atoms with van der Waals surface area (Å²) in [4.78, 5) is 41.8. The second-order valence-electron chi connectivity index (χ2n) is 10.5. The van der Waals surface area contributed by atoms with E-state index < -0.39 is 15.9 Å². The van der Waals surface area contributed by atoms with Crippen LogP contribution in [0.25, 0.3) is 0 Å². The molecule has 12 heteroatoms. The molecule has 5 rings (SSSR count).